The lowest BCUT2D eigenvalue weighted by Gasteiger charge is -2.33. The number of benzene rings is 1. The lowest BCUT2D eigenvalue weighted by Crippen LogP contribution is -2.41. The number of nitrogens with zero attached hydrogens (tertiary/aromatic N) is 6. The Balaban J connectivity index is 1.66. The molecule has 2 aromatic heterocycles. The summed E-state index contributed by atoms with van der Waals surface area (Å²) < 4.78 is 10.6. The molecule has 0 N–H and O–H groups in total. The van der Waals surface area contributed by atoms with Gasteiger partial charge in [0.05, 0.1) is 29.5 Å². The molecule has 10 nitrogen and oxygen atoms in total. The number of thiocarbonyl (C=S) groups is 1. The first-order valence-corrected chi connectivity index (χ1v) is 14.6. The third-order valence-corrected chi connectivity index (χ3v) is 8.72. The van der Waals surface area contributed by atoms with Crippen LogP contribution in [-0.2, 0) is 23.1 Å². The molecule has 2 aliphatic rings. The van der Waals surface area contributed by atoms with Crippen LogP contribution < -0.4 is 20.9 Å². The van der Waals surface area contributed by atoms with Crippen LogP contribution in [0.15, 0.2) is 44.8 Å². The molecule has 5 rings (SSSR count). The van der Waals surface area contributed by atoms with Crippen LogP contribution in [-0.4, -0.2) is 50.5 Å². The summed E-state index contributed by atoms with van der Waals surface area (Å²) in [5, 5.41) is 9.89. The molecule has 2 aliphatic heterocycles. The minimum Gasteiger partial charge on any atom is -0.378 e. The molecular formula is C29H30N6O4S2. The molecule has 0 spiro atoms. The molecule has 41 heavy (non-hydrogen) atoms. The normalized spacial score (nSPS) is 16.6. The van der Waals surface area contributed by atoms with Gasteiger partial charge in [-0.15, -0.1) is 0 Å². The number of anilines is 2. The van der Waals surface area contributed by atoms with Crippen LogP contribution in [0, 0.1) is 25.2 Å². The molecule has 2 fully saturated rings. The molecule has 2 saturated heterocycles. The third kappa shape index (κ3) is 4.84. The van der Waals surface area contributed by atoms with Gasteiger partial charge in [0.2, 0.25) is 0 Å². The summed E-state index contributed by atoms with van der Waals surface area (Å²) in [7, 11) is 1.76. The van der Waals surface area contributed by atoms with Crippen molar-refractivity contribution >= 4 is 51.8 Å². The zero-order valence-corrected chi connectivity index (χ0v) is 25.0. The van der Waals surface area contributed by atoms with Gasteiger partial charge in [0.1, 0.15) is 23.1 Å². The number of para-hydroxylation sites is 1. The minimum atomic E-state index is -0.426. The van der Waals surface area contributed by atoms with Crippen molar-refractivity contribution in [1.82, 2.24) is 13.9 Å². The molecule has 212 valence electrons. The number of carbonyl (C=O) groups is 1. The molecular weight excluding hydrogens is 560 g/mol. The Morgan fingerprint density at radius 1 is 1.10 bits per heavy atom. The van der Waals surface area contributed by atoms with Crippen molar-refractivity contribution in [3.8, 4) is 11.8 Å². The molecule has 0 bridgehead atoms. The van der Waals surface area contributed by atoms with E-state index in [1.165, 1.54) is 9.58 Å². The SMILES string of the molecule is CCCn1c(N2CCOCC2)c(/C=C2/SC(=S)N(c3c(C)n(C)n(-c4ccccc4)c3=O)C2=O)c(C)c(C#N)c1=O. The summed E-state index contributed by atoms with van der Waals surface area (Å²) in [6, 6.07) is 11.3. The molecule has 0 aliphatic carbocycles. The summed E-state index contributed by atoms with van der Waals surface area (Å²) >= 11 is 6.74. The second-order valence-corrected chi connectivity index (χ2v) is 11.5. The van der Waals surface area contributed by atoms with Crippen LogP contribution in [0.25, 0.3) is 11.8 Å². The molecule has 1 amide bonds. The highest BCUT2D eigenvalue weighted by Crippen LogP contribution is 2.38. The van der Waals surface area contributed by atoms with E-state index in [0.29, 0.717) is 72.5 Å². The Morgan fingerprint density at radius 2 is 1.78 bits per heavy atom. The van der Waals surface area contributed by atoms with Crippen molar-refractivity contribution < 1.29 is 9.53 Å². The number of carbonyl (C=O) groups excluding carboxylic acids is 1. The van der Waals surface area contributed by atoms with E-state index in [1.807, 2.05) is 37.3 Å². The largest absolute Gasteiger partial charge is 0.378 e. The molecule has 0 saturated carbocycles. The van der Waals surface area contributed by atoms with Gasteiger partial charge in [-0.3, -0.25) is 28.5 Å². The highest BCUT2D eigenvalue weighted by Gasteiger charge is 2.38. The van der Waals surface area contributed by atoms with Crippen LogP contribution >= 0.6 is 24.0 Å². The summed E-state index contributed by atoms with van der Waals surface area (Å²) in [5.74, 6) is 0.231. The van der Waals surface area contributed by atoms with Gasteiger partial charge in [-0.25, -0.2) is 4.68 Å². The molecule has 0 atom stereocenters. The first-order chi connectivity index (χ1) is 19.7. The number of rotatable bonds is 6. The highest BCUT2D eigenvalue weighted by molar-refractivity contribution is 8.27. The number of ether oxygens (including phenoxy) is 1. The van der Waals surface area contributed by atoms with E-state index in [9.17, 15) is 19.6 Å². The fraction of sp³-hybridized carbons (Fsp3) is 0.345. The quantitative estimate of drug-likeness (QED) is 0.318. The minimum absolute atomic E-state index is 0.0434. The average molecular weight is 591 g/mol. The first kappa shape index (κ1) is 28.6. The maximum atomic E-state index is 13.9. The summed E-state index contributed by atoms with van der Waals surface area (Å²) in [6.07, 6.45) is 2.40. The Kier molecular flexibility index (Phi) is 8.04. The van der Waals surface area contributed by atoms with E-state index < -0.39 is 5.91 Å². The van der Waals surface area contributed by atoms with Gasteiger partial charge in [-0.05, 0) is 44.0 Å². The monoisotopic (exact) mass is 590 g/mol. The van der Waals surface area contributed by atoms with E-state index in [-0.39, 0.29) is 26.7 Å². The zero-order chi connectivity index (χ0) is 29.4. The van der Waals surface area contributed by atoms with Crippen molar-refractivity contribution in [3.05, 3.63) is 78.3 Å². The van der Waals surface area contributed by atoms with Gasteiger partial charge in [0.15, 0.2) is 4.32 Å². The van der Waals surface area contributed by atoms with Crippen LogP contribution in [0.1, 0.15) is 35.7 Å². The lowest BCUT2D eigenvalue weighted by atomic mass is 10.0. The topological polar surface area (TPSA) is 106 Å². The van der Waals surface area contributed by atoms with Crippen molar-refractivity contribution in [3.63, 3.8) is 0 Å². The number of nitriles is 1. The standard InChI is InChI=1S/C29H30N6O4S2/c1-5-11-33-25(32-12-14-39-15-13-32)21(18(2)22(17-30)26(33)36)16-23-27(37)34(29(40)41-23)24-19(3)31(4)35(28(24)38)20-9-7-6-8-10-20/h6-10,16H,5,11-15H2,1-4H3/b23-16+. The summed E-state index contributed by atoms with van der Waals surface area (Å²) in [6.45, 7) is 8.04. The average Bonchev–Trinajstić information content (AvgIpc) is 3.36. The molecule has 1 aromatic carbocycles. The van der Waals surface area contributed by atoms with Gasteiger partial charge in [0.25, 0.3) is 17.0 Å². The Hall–Kier alpha value is -3.92. The smallest absolute Gasteiger partial charge is 0.296 e. The number of hydrogen-bond acceptors (Lipinski definition) is 8. The molecule has 4 heterocycles. The van der Waals surface area contributed by atoms with Crippen LogP contribution in [0.4, 0.5) is 11.5 Å². The number of thioether (sulfide) groups is 1. The first-order valence-electron chi connectivity index (χ1n) is 13.3. The summed E-state index contributed by atoms with van der Waals surface area (Å²) in [5.41, 5.74) is 1.90. The number of amides is 1. The maximum absolute atomic E-state index is 13.9. The molecule has 0 unspecified atom stereocenters. The zero-order valence-electron chi connectivity index (χ0n) is 23.3. The van der Waals surface area contributed by atoms with E-state index in [4.69, 9.17) is 17.0 Å². The van der Waals surface area contributed by atoms with Crippen molar-refractivity contribution in [2.45, 2.75) is 33.7 Å². The number of hydrogen-bond donors (Lipinski definition) is 0. The van der Waals surface area contributed by atoms with Gasteiger partial charge >= 0.3 is 0 Å². The highest BCUT2D eigenvalue weighted by atomic mass is 32.2. The van der Waals surface area contributed by atoms with Gasteiger partial charge < -0.3 is 9.64 Å². The summed E-state index contributed by atoms with van der Waals surface area (Å²) in [4.78, 5) is 44.7. The Labute approximate surface area is 247 Å². The second-order valence-electron chi connectivity index (χ2n) is 9.83. The van der Waals surface area contributed by atoms with Gasteiger partial charge in [-0.1, -0.05) is 49.1 Å². The van der Waals surface area contributed by atoms with E-state index in [0.717, 1.165) is 11.8 Å². The molecule has 3 aromatic rings. The van der Waals surface area contributed by atoms with Crippen molar-refractivity contribution in [1.29, 1.82) is 5.26 Å². The number of pyridine rings is 1. The van der Waals surface area contributed by atoms with Crippen LogP contribution in [0.3, 0.4) is 0 Å². The number of morpholine rings is 1. The van der Waals surface area contributed by atoms with Crippen LogP contribution in [0.5, 0.6) is 0 Å². The fourth-order valence-corrected chi connectivity index (χ4v) is 6.55. The number of aromatic nitrogens is 3. The lowest BCUT2D eigenvalue weighted by molar-refractivity contribution is -0.113. The fourth-order valence-electron chi connectivity index (χ4n) is 5.29. The Morgan fingerprint density at radius 3 is 2.41 bits per heavy atom. The van der Waals surface area contributed by atoms with Crippen molar-refractivity contribution in [2.75, 3.05) is 36.1 Å². The predicted octanol–water partition coefficient (Wildman–Crippen LogP) is 3.48. The van der Waals surface area contributed by atoms with E-state index in [1.54, 1.807) is 36.2 Å². The Bertz CT molecular complexity index is 1740. The van der Waals surface area contributed by atoms with Gasteiger partial charge in [-0.2, -0.15) is 5.26 Å². The molecule has 0 radical (unpaired) electrons. The van der Waals surface area contributed by atoms with Gasteiger partial charge in [0, 0.05) is 32.2 Å². The third-order valence-electron chi connectivity index (χ3n) is 7.42. The van der Waals surface area contributed by atoms with Crippen LogP contribution in [0.2, 0.25) is 0 Å². The van der Waals surface area contributed by atoms with E-state index >= 15 is 0 Å². The van der Waals surface area contributed by atoms with E-state index in [2.05, 4.69) is 11.0 Å². The predicted molar refractivity (Wildman–Crippen MR) is 165 cm³/mol. The molecule has 12 heteroatoms. The second kappa shape index (κ2) is 11.5. The van der Waals surface area contributed by atoms with Crippen molar-refractivity contribution in [2.24, 2.45) is 7.05 Å². The maximum Gasteiger partial charge on any atom is 0.296 e.